The van der Waals surface area contributed by atoms with Crippen LogP contribution in [-0.4, -0.2) is 63.6 Å². The average Bonchev–Trinajstić information content (AvgIpc) is 2.46. The van der Waals surface area contributed by atoms with Crippen molar-refractivity contribution < 1.29 is 17.6 Å². The molecule has 6 nitrogen and oxygen atoms in total. The average molecular weight is 343 g/mol. The SMILES string of the molecule is CN1CCN(C(=O)C[C@@H](NS(C)(=O)=O)c2ccc(F)cc2)CC1. The smallest absolute Gasteiger partial charge is 0.224 e. The van der Waals surface area contributed by atoms with Gasteiger partial charge < -0.3 is 9.80 Å². The lowest BCUT2D eigenvalue weighted by molar-refractivity contribution is -0.133. The van der Waals surface area contributed by atoms with Gasteiger partial charge in [-0.1, -0.05) is 12.1 Å². The van der Waals surface area contributed by atoms with Gasteiger partial charge >= 0.3 is 0 Å². The Hall–Kier alpha value is -1.51. The van der Waals surface area contributed by atoms with E-state index in [-0.39, 0.29) is 12.3 Å². The van der Waals surface area contributed by atoms with Crippen LogP contribution >= 0.6 is 0 Å². The number of nitrogens with zero attached hydrogens (tertiary/aromatic N) is 2. The van der Waals surface area contributed by atoms with Crippen LogP contribution < -0.4 is 4.72 Å². The fraction of sp³-hybridized carbons (Fsp3) is 0.533. The predicted molar refractivity (Wildman–Crippen MR) is 85.8 cm³/mol. The topological polar surface area (TPSA) is 69.7 Å². The highest BCUT2D eigenvalue weighted by molar-refractivity contribution is 7.88. The molecule has 0 radical (unpaired) electrons. The minimum Gasteiger partial charge on any atom is -0.340 e. The Kier molecular flexibility index (Phi) is 5.72. The number of likely N-dealkylation sites (N-methyl/N-ethyl adjacent to an activating group) is 1. The molecule has 1 fully saturated rings. The van der Waals surface area contributed by atoms with Gasteiger partial charge in [0, 0.05) is 32.6 Å². The molecule has 1 aromatic carbocycles. The largest absolute Gasteiger partial charge is 0.340 e. The fourth-order valence-corrected chi connectivity index (χ4v) is 3.28. The van der Waals surface area contributed by atoms with Crippen LogP contribution in [0.15, 0.2) is 24.3 Å². The number of nitrogens with one attached hydrogen (secondary N) is 1. The Morgan fingerprint density at radius 1 is 1.22 bits per heavy atom. The lowest BCUT2D eigenvalue weighted by Gasteiger charge is -2.33. The minimum absolute atomic E-state index is 0.0163. The maximum atomic E-state index is 13.1. The van der Waals surface area contributed by atoms with Crippen molar-refractivity contribution in [2.24, 2.45) is 0 Å². The number of amides is 1. The summed E-state index contributed by atoms with van der Waals surface area (Å²) in [6.45, 7) is 2.85. The first-order valence-electron chi connectivity index (χ1n) is 7.44. The van der Waals surface area contributed by atoms with Crippen LogP contribution in [0.3, 0.4) is 0 Å². The second-order valence-electron chi connectivity index (χ2n) is 5.88. The van der Waals surface area contributed by atoms with Crippen molar-refractivity contribution in [2.75, 3.05) is 39.5 Å². The monoisotopic (exact) mass is 343 g/mol. The quantitative estimate of drug-likeness (QED) is 0.849. The Bertz CT molecular complexity index is 640. The van der Waals surface area contributed by atoms with E-state index in [1.165, 1.54) is 24.3 Å². The number of sulfonamides is 1. The highest BCUT2D eigenvalue weighted by Gasteiger charge is 2.25. The third-order valence-corrected chi connectivity index (χ3v) is 4.58. The molecule has 1 N–H and O–H groups in total. The van der Waals surface area contributed by atoms with Crippen molar-refractivity contribution in [3.05, 3.63) is 35.6 Å². The summed E-state index contributed by atoms with van der Waals surface area (Å²) in [5.74, 6) is -0.513. The second-order valence-corrected chi connectivity index (χ2v) is 7.66. The van der Waals surface area contributed by atoms with E-state index in [2.05, 4.69) is 9.62 Å². The van der Waals surface area contributed by atoms with E-state index in [9.17, 15) is 17.6 Å². The standard InChI is InChI=1S/C15H22FN3O3S/c1-18-7-9-19(10-8-18)15(20)11-14(17-23(2,21)22)12-3-5-13(16)6-4-12/h3-6,14,17H,7-11H2,1-2H3/t14-/m1/s1. The zero-order chi connectivity index (χ0) is 17.0. The van der Waals surface area contributed by atoms with Gasteiger partial charge in [0.15, 0.2) is 0 Å². The number of benzene rings is 1. The first kappa shape index (κ1) is 17.8. The molecule has 0 spiro atoms. The van der Waals surface area contributed by atoms with Crippen molar-refractivity contribution in [3.8, 4) is 0 Å². The van der Waals surface area contributed by atoms with Gasteiger partial charge in [-0.15, -0.1) is 0 Å². The van der Waals surface area contributed by atoms with Crippen LogP contribution in [0.25, 0.3) is 0 Å². The Morgan fingerprint density at radius 3 is 2.30 bits per heavy atom. The van der Waals surface area contributed by atoms with Crippen molar-refractivity contribution >= 4 is 15.9 Å². The van der Waals surface area contributed by atoms with E-state index in [0.717, 1.165) is 19.3 Å². The molecule has 1 aliphatic heterocycles. The van der Waals surface area contributed by atoms with Crippen LogP contribution in [0.4, 0.5) is 4.39 Å². The molecular formula is C15H22FN3O3S. The number of piperazine rings is 1. The van der Waals surface area contributed by atoms with Crippen LogP contribution in [0, 0.1) is 5.82 Å². The first-order chi connectivity index (χ1) is 10.7. The van der Waals surface area contributed by atoms with E-state index in [4.69, 9.17) is 0 Å². The molecule has 0 unspecified atom stereocenters. The molecule has 0 bridgehead atoms. The molecule has 1 heterocycles. The van der Waals surface area contributed by atoms with Crippen LogP contribution in [0.2, 0.25) is 0 Å². The molecule has 128 valence electrons. The van der Waals surface area contributed by atoms with Gasteiger partial charge in [0.05, 0.1) is 12.3 Å². The molecule has 2 rings (SSSR count). The fourth-order valence-electron chi connectivity index (χ4n) is 2.54. The zero-order valence-electron chi connectivity index (χ0n) is 13.3. The van der Waals surface area contributed by atoms with E-state index in [1.54, 1.807) is 4.90 Å². The molecular weight excluding hydrogens is 321 g/mol. The number of halogens is 1. The van der Waals surface area contributed by atoms with Gasteiger partial charge in [-0.3, -0.25) is 4.79 Å². The van der Waals surface area contributed by atoms with E-state index >= 15 is 0 Å². The molecule has 8 heteroatoms. The van der Waals surface area contributed by atoms with Gasteiger partial charge in [-0.25, -0.2) is 17.5 Å². The van der Waals surface area contributed by atoms with Crippen molar-refractivity contribution in [1.29, 1.82) is 0 Å². The summed E-state index contributed by atoms with van der Waals surface area (Å²) in [5.41, 5.74) is 0.569. The Labute approximate surface area is 136 Å². The highest BCUT2D eigenvalue weighted by Crippen LogP contribution is 2.20. The van der Waals surface area contributed by atoms with E-state index < -0.39 is 21.9 Å². The summed E-state index contributed by atoms with van der Waals surface area (Å²) >= 11 is 0. The molecule has 0 saturated carbocycles. The van der Waals surface area contributed by atoms with Gasteiger partial charge in [-0.2, -0.15) is 0 Å². The zero-order valence-corrected chi connectivity index (χ0v) is 14.1. The number of rotatable bonds is 5. The van der Waals surface area contributed by atoms with Gasteiger partial charge in [0.2, 0.25) is 15.9 Å². The first-order valence-corrected chi connectivity index (χ1v) is 9.33. The van der Waals surface area contributed by atoms with Crippen molar-refractivity contribution in [3.63, 3.8) is 0 Å². The molecule has 1 amide bonds. The summed E-state index contributed by atoms with van der Waals surface area (Å²) in [4.78, 5) is 16.3. The summed E-state index contributed by atoms with van der Waals surface area (Å²) < 4.78 is 38.7. The van der Waals surface area contributed by atoms with Gasteiger partial charge in [0.25, 0.3) is 0 Å². The maximum absolute atomic E-state index is 13.1. The lowest BCUT2D eigenvalue weighted by Crippen LogP contribution is -2.48. The van der Waals surface area contributed by atoms with Crippen LogP contribution in [0.1, 0.15) is 18.0 Å². The maximum Gasteiger partial charge on any atom is 0.224 e. The summed E-state index contributed by atoms with van der Waals surface area (Å²) in [6, 6.07) is 4.81. The second kappa shape index (κ2) is 7.37. The molecule has 1 atom stereocenters. The third-order valence-electron chi connectivity index (χ3n) is 3.86. The summed E-state index contributed by atoms with van der Waals surface area (Å²) in [5, 5.41) is 0. The Balaban J connectivity index is 2.11. The Morgan fingerprint density at radius 2 is 1.78 bits per heavy atom. The predicted octanol–water partition coefficient (Wildman–Crippen LogP) is 0.580. The van der Waals surface area contributed by atoms with Gasteiger partial charge in [0.1, 0.15) is 5.82 Å². The normalized spacial score (nSPS) is 18.0. The van der Waals surface area contributed by atoms with Crippen molar-refractivity contribution in [1.82, 2.24) is 14.5 Å². The van der Waals surface area contributed by atoms with Crippen LogP contribution in [-0.2, 0) is 14.8 Å². The summed E-state index contributed by atoms with van der Waals surface area (Å²) in [6.07, 6.45) is 1.06. The summed E-state index contributed by atoms with van der Waals surface area (Å²) in [7, 11) is -1.50. The highest BCUT2D eigenvalue weighted by atomic mass is 32.2. The molecule has 1 saturated heterocycles. The molecule has 1 aromatic rings. The number of carbonyl (C=O) groups is 1. The van der Waals surface area contributed by atoms with Crippen LogP contribution in [0.5, 0.6) is 0 Å². The molecule has 0 aromatic heterocycles. The molecule has 1 aliphatic rings. The number of hydrogen-bond acceptors (Lipinski definition) is 4. The number of carbonyl (C=O) groups excluding carboxylic acids is 1. The minimum atomic E-state index is -3.49. The molecule has 0 aliphatic carbocycles. The van der Waals surface area contributed by atoms with E-state index in [1.807, 2.05) is 7.05 Å². The van der Waals surface area contributed by atoms with Gasteiger partial charge in [-0.05, 0) is 24.7 Å². The third kappa shape index (κ3) is 5.56. The lowest BCUT2D eigenvalue weighted by atomic mass is 10.0. The van der Waals surface area contributed by atoms with E-state index in [0.29, 0.717) is 18.7 Å². The molecule has 23 heavy (non-hydrogen) atoms. The van der Waals surface area contributed by atoms with Crippen molar-refractivity contribution in [2.45, 2.75) is 12.5 Å². The number of hydrogen-bond donors (Lipinski definition) is 1.